The monoisotopic (exact) mass is 288 g/mol. The fourth-order valence-electron chi connectivity index (χ4n) is 2.68. The predicted octanol–water partition coefficient (Wildman–Crippen LogP) is 2.69. The number of ether oxygens (including phenoxy) is 2. The van der Waals surface area contributed by atoms with E-state index in [9.17, 15) is 5.11 Å². The molecule has 2 heterocycles. The Morgan fingerprint density at radius 3 is 2.90 bits per heavy atom. The summed E-state index contributed by atoms with van der Waals surface area (Å²) >= 11 is 0. The van der Waals surface area contributed by atoms with Crippen molar-refractivity contribution in [1.29, 1.82) is 0 Å². The summed E-state index contributed by atoms with van der Waals surface area (Å²) in [6.45, 7) is 2.59. The molecule has 0 saturated carbocycles. The van der Waals surface area contributed by atoms with Gasteiger partial charge in [0.25, 0.3) is 0 Å². The van der Waals surface area contributed by atoms with Crippen molar-refractivity contribution in [3.8, 4) is 22.6 Å². The van der Waals surface area contributed by atoms with Gasteiger partial charge in [-0.25, -0.2) is 0 Å². The van der Waals surface area contributed by atoms with Gasteiger partial charge in [-0.15, -0.1) is 0 Å². The van der Waals surface area contributed by atoms with Gasteiger partial charge in [-0.05, 0) is 30.9 Å². The summed E-state index contributed by atoms with van der Waals surface area (Å²) in [5.74, 6) is 1.47. The molecule has 5 heteroatoms. The van der Waals surface area contributed by atoms with Crippen LogP contribution in [0.3, 0.4) is 0 Å². The maximum Gasteiger partial charge on any atom is 0.127 e. The summed E-state index contributed by atoms with van der Waals surface area (Å²) in [6, 6.07) is 5.31. The molecule has 21 heavy (non-hydrogen) atoms. The van der Waals surface area contributed by atoms with Crippen LogP contribution < -0.4 is 4.74 Å². The standard InChI is InChI=1S/C16H20N2O3/c1-20-14-2-3-15(16(19)8-14)13-9-17-18(11-13)10-12-4-6-21-7-5-12/h2-3,8-9,11-12,19H,4-7,10H2,1H3. The molecule has 5 nitrogen and oxygen atoms in total. The number of nitrogens with zero attached hydrogens (tertiary/aromatic N) is 2. The summed E-state index contributed by atoms with van der Waals surface area (Å²) in [7, 11) is 1.58. The smallest absolute Gasteiger partial charge is 0.127 e. The number of hydrogen-bond acceptors (Lipinski definition) is 4. The minimum atomic E-state index is 0.208. The van der Waals surface area contributed by atoms with E-state index in [0.29, 0.717) is 11.7 Å². The van der Waals surface area contributed by atoms with Gasteiger partial charge in [0.1, 0.15) is 11.5 Å². The highest BCUT2D eigenvalue weighted by atomic mass is 16.5. The Bertz CT molecular complexity index is 603. The first-order valence-electron chi connectivity index (χ1n) is 7.24. The summed E-state index contributed by atoms with van der Waals surface area (Å²) in [5, 5.41) is 14.5. The molecule has 1 aliphatic rings. The molecule has 1 fully saturated rings. The van der Waals surface area contributed by atoms with E-state index in [-0.39, 0.29) is 5.75 Å². The van der Waals surface area contributed by atoms with E-state index in [2.05, 4.69) is 5.10 Å². The molecule has 1 saturated heterocycles. The molecule has 2 aromatic rings. The van der Waals surface area contributed by atoms with Crippen molar-refractivity contribution in [2.75, 3.05) is 20.3 Å². The van der Waals surface area contributed by atoms with Crippen molar-refractivity contribution < 1.29 is 14.6 Å². The molecule has 0 atom stereocenters. The number of benzene rings is 1. The Hall–Kier alpha value is -2.01. The maximum absolute atomic E-state index is 10.1. The SMILES string of the molecule is COc1ccc(-c2cnn(CC3CCOCC3)c2)c(O)c1. The number of phenolic OH excluding ortho intramolecular Hbond substituents is 1. The van der Waals surface area contributed by atoms with Crippen molar-refractivity contribution in [2.45, 2.75) is 19.4 Å². The van der Waals surface area contributed by atoms with Gasteiger partial charge in [0.15, 0.2) is 0 Å². The van der Waals surface area contributed by atoms with Gasteiger partial charge in [0, 0.05) is 43.1 Å². The topological polar surface area (TPSA) is 56.5 Å². The minimum Gasteiger partial charge on any atom is -0.507 e. The fraction of sp³-hybridized carbons (Fsp3) is 0.438. The Labute approximate surface area is 124 Å². The number of aromatic nitrogens is 2. The number of phenols is 1. The molecule has 0 amide bonds. The zero-order valence-corrected chi connectivity index (χ0v) is 12.2. The first-order valence-corrected chi connectivity index (χ1v) is 7.24. The highest BCUT2D eigenvalue weighted by Crippen LogP contribution is 2.32. The average Bonchev–Trinajstić information content (AvgIpc) is 2.96. The van der Waals surface area contributed by atoms with Crippen LogP contribution in [0.5, 0.6) is 11.5 Å². The average molecular weight is 288 g/mol. The molecule has 1 aromatic heterocycles. The molecule has 0 radical (unpaired) electrons. The van der Waals surface area contributed by atoms with Crippen molar-refractivity contribution in [3.63, 3.8) is 0 Å². The third-order valence-corrected chi connectivity index (χ3v) is 3.94. The quantitative estimate of drug-likeness (QED) is 0.939. The predicted molar refractivity (Wildman–Crippen MR) is 79.4 cm³/mol. The molecule has 1 N–H and O–H groups in total. The Kier molecular flexibility index (Phi) is 4.10. The zero-order chi connectivity index (χ0) is 14.7. The van der Waals surface area contributed by atoms with Crippen molar-refractivity contribution >= 4 is 0 Å². The molecule has 1 aromatic carbocycles. The fourth-order valence-corrected chi connectivity index (χ4v) is 2.68. The summed E-state index contributed by atoms with van der Waals surface area (Å²) < 4.78 is 12.4. The zero-order valence-electron chi connectivity index (χ0n) is 12.2. The molecule has 0 bridgehead atoms. The minimum absolute atomic E-state index is 0.208. The van der Waals surface area contributed by atoms with Gasteiger partial charge in [-0.3, -0.25) is 4.68 Å². The second kappa shape index (κ2) is 6.18. The number of aromatic hydroxyl groups is 1. The molecular weight excluding hydrogens is 268 g/mol. The second-order valence-corrected chi connectivity index (χ2v) is 5.39. The van der Waals surface area contributed by atoms with E-state index in [1.807, 2.05) is 23.0 Å². The van der Waals surface area contributed by atoms with Crippen LogP contribution in [-0.4, -0.2) is 35.2 Å². The van der Waals surface area contributed by atoms with E-state index < -0.39 is 0 Å². The van der Waals surface area contributed by atoms with Gasteiger partial charge >= 0.3 is 0 Å². The van der Waals surface area contributed by atoms with E-state index in [4.69, 9.17) is 9.47 Å². The Morgan fingerprint density at radius 2 is 2.19 bits per heavy atom. The van der Waals surface area contributed by atoms with Crippen LogP contribution in [0.25, 0.3) is 11.1 Å². The normalized spacial score (nSPS) is 16.0. The van der Waals surface area contributed by atoms with Gasteiger partial charge in [0.2, 0.25) is 0 Å². The molecule has 112 valence electrons. The highest BCUT2D eigenvalue weighted by molar-refractivity contribution is 5.69. The van der Waals surface area contributed by atoms with Crippen molar-refractivity contribution in [2.24, 2.45) is 5.92 Å². The first-order chi connectivity index (χ1) is 10.3. The van der Waals surface area contributed by atoms with E-state index in [0.717, 1.165) is 43.7 Å². The highest BCUT2D eigenvalue weighted by Gasteiger charge is 2.15. The summed E-state index contributed by atoms with van der Waals surface area (Å²) in [6.07, 6.45) is 5.95. The molecule has 3 rings (SSSR count). The lowest BCUT2D eigenvalue weighted by molar-refractivity contribution is 0.0601. The van der Waals surface area contributed by atoms with Gasteiger partial charge in [-0.1, -0.05) is 0 Å². The third kappa shape index (κ3) is 3.19. The van der Waals surface area contributed by atoms with Crippen LogP contribution in [0.15, 0.2) is 30.6 Å². The van der Waals surface area contributed by atoms with Crippen LogP contribution in [0, 0.1) is 5.92 Å². The lowest BCUT2D eigenvalue weighted by atomic mass is 10.0. The Morgan fingerprint density at radius 1 is 1.38 bits per heavy atom. The third-order valence-electron chi connectivity index (χ3n) is 3.94. The van der Waals surface area contributed by atoms with E-state index in [1.165, 1.54) is 0 Å². The molecule has 1 aliphatic heterocycles. The number of methoxy groups -OCH3 is 1. The lowest BCUT2D eigenvalue weighted by Gasteiger charge is -2.21. The maximum atomic E-state index is 10.1. The van der Waals surface area contributed by atoms with Crippen LogP contribution in [0.4, 0.5) is 0 Å². The van der Waals surface area contributed by atoms with Crippen LogP contribution in [0.1, 0.15) is 12.8 Å². The number of hydrogen-bond donors (Lipinski definition) is 1. The van der Waals surface area contributed by atoms with Crippen molar-refractivity contribution in [1.82, 2.24) is 9.78 Å². The Balaban J connectivity index is 1.75. The molecular formula is C16H20N2O3. The van der Waals surface area contributed by atoms with E-state index >= 15 is 0 Å². The van der Waals surface area contributed by atoms with Crippen molar-refractivity contribution in [3.05, 3.63) is 30.6 Å². The first kappa shape index (κ1) is 13.9. The molecule has 0 spiro atoms. The summed E-state index contributed by atoms with van der Waals surface area (Å²) in [5.41, 5.74) is 1.69. The van der Waals surface area contributed by atoms with Gasteiger partial charge in [-0.2, -0.15) is 5.10 Å². The summed E-state index contributed by atoms with van der Waals surface area (Å²) in [4.78, 5) is 0. The second-order valence-electron chi connectivity index (χ2n) is 5.39. The van der Waals surface area contributed by atoms with E-state index in [1.54, 1.807) is 19.4 Å². The van der Waals surface area contributed by atoms with Crippen LogP contribution >= 0.6 is 0 Å². The van der Waals surface area contributed by atoms with Crippen LogP contribution in [-0.2, 0) is 11.3 Å². The van der Waals surface area contributed by atoms with Crippen LogP contribution in [0.2, 0.25) is 0 Å². The molecule has 0 aliphatic carbocycles. The molecule has 0 unspecified atom stereocenters. The van der Waals surface area contributed by atoms with Gasteiger partial charge < -0.3 is 14.6 Å². The largest absolute Gasteiger partial charge is 0.507 e. The number of rotatable bonds is 4. The lowest BCUT2D eigenvalue weighted by Crippen LogP contribution is -2.20. The van der Waals surface area contributed by atoms with Gasteiger partial charge in [0.05, 0.1) is 13.3 Å².